The van der Waals surface area contributed by atoms with Gasteiger partial charge in [-0.15, -0.1) is 0 Å². The van der Waals surface area contributed by atoms with Gasteiger partial charge in [0, 0.05) is 12.1 Å². The van der Waals surface area contributed by atoms with Crippen LogP contribution < -0.4 is 15.4 Å². The fourth-order valence-corrected chi connectivity index (χ4v) is 3.95. The molecule has 1 aliphatic heterocycles. The van der Waals surface area contributed by atoms with E-state index in [-0.39, 0.29) is 18.2 Å². The number of para-hydroxylation sites is 1. The van der Waals surface area contributed by atoms with Gasteiger partial charge in [-0.3, -0.25) is 9.59 Å². The smallest absolute Gasteiger partial charge is 0.234 e. The first-order chi connectivity index (χ1) is 12.6. The number of nitrogens with zero attached hydrogens (tertiary/aromatic N) is 1. The second-order valence-corrected chi connectivity index (χ2v) is 6.99. The number of amides is 2. The Kier molecular flexibility index (Phi) is 4.30. The normalized spacial score (nSPS) is 16.0. The van der Waals surface area contributed by atoms with E-state index in [9.17, 15) is 9.59 Å². The molecule has 0 bridgehead atoms. The monoisotopic (exact) mass is 367 g/mol. The Morgan fingerprint density at radius 1 is 1.35 bits per heavy atom. The van der Waals surface area contributed by atoms with Gasteiger partial charge in [0.1, 0.15) is 5.75 Å². The first-order valence-corrected chi connectivity index (χ1v) is 9.18. The molecule has 1 atom stereocenters. The summed E-state index contributed by atoms with van der Waals surface area (Å²) in [6, 6.07) is 13.0. The highest BCUT2D eigenvalue weighted by atomic mass is 32.1. The van der Waals surface area contributed by atoms with Crippen molar-refractivity contribution in [1.82, 2.24) is 4.98 Å². The van der Waals surface area contributed by atoms with E-state index < -0.39 is 5.92 Å². The Balaban J connectivity index is 1.58. The Labute approximate surface area is 154 Å². The first kappa shape index (κ1) is 16.5. The lowest BCUT2D eigenvalue weighted by Crippen LogP contribution is -2.30. The summed E-state index contributed by atoms with van der Waals surface area (Å²) in [5, 5.41) is 6.18. The molecule has 0 aliphatic carbocycles. The quantitative estimate of drug-likeness (QED) is 0.736. The molecule has 2 heterocycles. The van der Waals surface area contributed by atoms with E-state index in [1.54, 1.807) is 6.07 Å². The number of carbonyl (C=O) groups is 2. The van der Waals surface area contributed by atoms with Crippen LogP contribution in [0.25, 0.3) is 10.2 Å². The molecule has 2 aromatic carbocycles. The van der Waals surface area contributed by atoms with E-state index >= 15 is 0 Å². The first-order valence-electron chi connectivity index (χ1n) is 8.37. The van der Waals surface area contributed by atoms with Gasteiger partial charge >= 0.3 is 0 Å². The SMILES string of the molecule is CCOc1ccc2nc(NC(=O)[C@H]3CC(=O)Nc4ccccc43)sc2c1. The number of ether oxygens (including phenoxy) is 1. The van der Waals surface area contributed by atoms with E-state index in [1.165, 1.54) is 11.3 Å². The fraction of sp³-hybridized carbons (Fsp3) is 0.211. The maximum Gasteiger partial charge on any atom is 0.234 e. The van der Waals surface area contributed by atoms with Crippen molar-refractivity contribution in [2.24, 2.45) is 0 Å². The van der Waals surface area contributed by atoms with E-state index in [4.69, 9.17) is 4.74 Å². The third kappa shape index (κ3) is 3.13. The summed E-state index contributed by atoms with van der Waals surface area (Å²) in [6.45, 7) is 2.53. The summed E-state index contributed by atoms with van der Waals surface area (Å²) < 4.78 is 6.44. The van der Waals surface area contributed by atoms with Gasteiger partial charge < -0.3 is 15.4 Å². The summed E-state index contributed by atoms with van der Waals surface area (Å²) in [5.41, 5.74) is 2.31. The molecule has 7 heteroatoms. The van der Waals surface area contributed by atoms with Crippen molar-refractivity contribution in [2.75, 3.05) is 17.2 Å². The summed E-state index contributed by atoms with van der Waals surface area (Å²) in [5.74, 6) is -0.128. The molecule has 0 spiro atoms. The largest absolute Gasteiger partial charge is 0.494 e. The number of benzene rings is 2. The molecule has 3 aromatic rings. The zero-order valence-electron chi connectivity index (χ0n) is 14.1. The number of anilines is 2. The molecule has 1 aliphatic rings. The number of fused-ring (bicyclic) bond motifs is 2. The minimum absolute atomic E-state index is 0.127. The van der Waals surface area contributed by atoms with Gasteiger partial charge in [0.15, 0.2) is 5.13 Å². The lowest BCUT2D eigenvalue weighted by molar-refractivity contribution is -0.123. The van der Waals surface area contributed by atoms with Crippen LogP contribution in [0.3, 0.4) is 0 Å². The Morgan fingerprint density at radius 3 is 3.04 bits per heavy atom. The minimum Gasteiger partial charge on any atom is -0.494 e. The van der Waals surface area contributed by atoms with E-state index in [1.807, 2.05) is 43.3 Å². The van der Waals surface area contributed by atoms with Crippen LogP contribution in [-0.4, -0.2) is 23.4 Å². The van der Waals surface area contributed by atoms with Crippen LogP contribution in [0.1, 0.15) is 24.8 Å². The summed E-state index contributed by atoms with van der Waals surface area (Å²) >= 11 is 1.39. The maximum atomic E-state index is 12.8. The number of hydrogen-bond acceptors (Lipinski definition) is 5. The van der Waals surface area contributed by atoms with Gasteiger partial charge in [-0.05, 0) is 36.8 Å². The molecule has 132 valence electrons. The average molecular weight is 367 g/mol. The van der Waals surface area contributed by atoms with Crippen molar-refractivity contribution in [3.05, 3.63) is 48.0 Å². The maximum absolute atomic E-state index is 12.8. The van der Waals surface area contributed by atoms with E-state index in [0.717, 1.165) is 21.5 Å². The molecule has 0 saturated carbocycles. The van der Waals surface area contributed by atoms with Gasteiger partial charge in [-0.2, -0.15) is 0 Å². The topological polar surface area (TPSA) is 80.3 Å². The van der Waals surface area contributed by atoms with Crippen molar-refractivity contribution < 1.29 is 14.3 Å². The van der Waals surface area contributed by atoms with Crippen LogP contribution >= 0.6 is 11.3 Å². The second-order valence-electron chi connectivity index (χ2n) is 5.96. The number of thiazole rings is 1. The molecule has 4 rings (SSSR count). The standard InChI is InChI=1S/C19H17N3O3S/c1-2-25-11-7-8-15-16(9-11)26-19(21-15)22-18(24)13-10-17(23)20-14-6-4-3-5-12(13)14/h3-9,13H,2,10H2,1H3,(H,20,23)(H,21,22,24)/t13-/m0/s1. The van der Waals surface area contributed by atoms with Crippen molar-refractivity contribution >= 4 is 44.2 Å². The Hall–Kier alpha value is -2.93. The van der Waals surface area contributed by atoms with Gasteiger partial charge in [0.2, 0.25) is 11.8 Å². The zero-order valence-corrected chi connectivity index (χ0v) is 14.9. The summed E-state index contributed by atoms with van der Waals surface area (Å²) in [4.78, 5) is 29.1. The highest BCUT2D eigenvalue weighted by Gasteiger charge is 2.30. The predicted molar refractivity (Wildman–Crippen MR) is 102 cm³/mol. The Morgan fingerprint density at radius 2 is 2.19 bits per heavy atom. The van der Waals surface area contributed by atoms with E-state index in [0.29, 0.717) is 17.4 Å². The molecule has 0 fully saturated rings. The summed E-state index contributed by atoms with van der Waals surface area (Å²) in [7, 11) is 0. The van der Waals surface area contributed by atoms with Gasteiger partial charge in [0.05, 0.1) is 22.7 Å². The number of aromatic nitrogens is 1. The molecule has 0 saturated heterocycles. The molecule has 2 amide bonds. The number of rotatable bonds is 4. The van der Waals surface area contributed by atoms with Crippen LogP contribution in [0.15, 0.2) is 42.5 Å². The summed E-state index contributed by atoms with van der Waals surface area (Å²) in [6.07, 6.45) is 0.127. The van der Waals surface area contributed by atoms with Crippen molar-refractivity contribution in [2.45, 2.75) is 19.3 Å². The minimum atomic E-state index is -0.522. The Bertz CT molecular complexity index is 999. The van der Waals surface area contributed by atoms with Gasteiger partial charge in [-0.1, -0.05) is 29.5 Å². The molecule has 0 unspecified atom stereocenters. The fourth-order valence-electron chi connectivity index (χ4n) is 3.05. The van der Waals surface area contributed by atoms with E-state index in [2.05, 4.69) is 15.6 Å². The van der Waals surface area contributed by atoms with Crippen molar-refractivity contribution in [3.8, 4) is 5.75 Å². The van der Waals surface area contributed by atoms with Gasteiger partial charge in [0.25, 0.3) is 0 Å². The molecular weight excluding hydrogens is 350 g/mol. The second kappa shape index (κ2) is 6.76. The lowest BCUT2D eigenvalue weighted by atomic mass is 9.90. The molecular formula is C19H17N3O3S. The van der Waals surface area contributed by atoms with Crippen molar-refractivity contribution in [1.29, 1.82) is 0 Å². The zero-order chi connectivity index (χ0) is 18.1. The highest BCUT2D eigenvalue weighted by Crippen LogP contribution is 2.34. The van der Waals surface area contributed by atoms with Crippen LogP contribution in [0.5, 0.6) is 5.75 Å². The average Bonchev–Trinajstić information content (AvgIpc) is 3.02. The van der Waals surface area contributed by atoms with Crippen LogP contribution in [0.4, 0.5) is 10.8 Å². The highest BCUT2D eigenvalue weighted by molar-refractivity contribution is 7.22. The molecule has 6 nitrogen and oxygen atoms in total. The van der Waals surface area contributed by atoms with Crippen LogP contribution in [0.2, 0.25) is 0 Å². The number of carbonyl (C=O) groups excluding carboxylic acids is 2. The third-order valence-corrected chi connectivity index (χ3v) is 5.15. The lowest BCUT2D eigenvalue weighted by Gasteiger charge is -2.24. The molecule has 0 radical (unpaired) electrons. The molecule has 1 aromatic heterocycles. The van der Waals surface area contributed by atoms with Crippen LogP contribution in [-0.2, 0) is 9.59 Å². The predicted octanol–water partition coefficient (Wildman–Crippen LogP) is 3.76. The number of nitrogens with one attached hydrogen (secondary N) is 2. The number of hydrogen-bond donors (Lipinski definition) is 2. The third-order valence-electron chi connectivity index (χ3n) is 4.22. The van der Waals surface area contributed by atoms with Crippen molar-refractivity contribution in [3.63, 3.8) is 0 Å². The molecule has 26 heavy (non-hydrogen) atoms. The molecule has 2 N–H and O–H groups in total. The van der Waals surface area contributed by atoms with Gasteiger partial charge in [-0.25, -0.2) is 4.98 Å². The van der Waals surface area contributed by atoms with Crippen LogP contribution in [0, 0.1) is 0 Å².